The molecule has 1 N–H and O–H groups in total. The number of piperidine rings is 1. The Labute approximate surface area is 208 Å². The average Bonchev–Trinajstić information content (AvgIpc) is 3.22. The van der Waals surface area contributed by atoms with E-state index in [4.69, 9.17) is 0 Å². The van der Waals surface area contributed by atoms with Gasteiger partial charge in [0.05, 0.1) is 23.6 Å². The molecule has 3 saturated heterocycles. The van der Waals surface area contributed by atoms with E-state index in [2.05, 4.69) is 54.2 Å². The lowest BCUT2D eigenvalue weighted by Gasteiger charge is -2.42. The van der Waals surface area contributed by atoms with Crippen LogP contribution in [0.15, 0.2) is 48.5 Å². The van der Waals surface area contributed by atoms with Crippen LogP contribution in [0, 0.1) is 25.7 Å². The number of hydrogen-bond acceptors (Lipinski definition) is 5. The van der Waals surface area contributed by atoms with Gasteiger partial charge in [0.15, 0.2) is 0 Å². The lowest BCUT2D eigenvalue weighted by molar-refractivity contribution is -0.141. The number of benzene rings is 2. The van der Waals surface area contributed by atoms with Crippen molar-refractivity contribution in [3.8, 4) is 0 Å². The first-order valence-corrected chi connectivity index (χ1v) is 12.9. The first-order valence-electron chi connectivity index (χ1n) is 12.9. The second-order valence-electron chi connectivity index (χ2n) is 10.3. The normalized spacial score (nSPS) is 25.7. The highest BCUT2D eigenvalue weighted by molar-refractivity contribution is 5.98. The second-order valence-corrected chi connectivity index (χ2v) is 10.3. The van der Waals surface area contributed by atoms with Crippen molar-refractivity contribution in [1.29, 1.82) is 0 Å². The summed E-state index contributed by atoms with van der Waals surface area (Å²) in [4.78, 5) is 33.8. The smallest absolute Gasteiger partial charge is 0.247 e. The van der Waals surface area contributed by atoms with Gasteiger partial charge in [0, 0.05) is 45.8 Å². The minimum Gasteiger partial charge on any atom is -0.340 e. The molecule has 0 spiro atoms. The van der Waals surface area contributed by atoms with Gasteiger partial charge >= 0.3 is 0 Å². The number of piperazine rings is 1. The van der Waals surface area contributed by atoms with Gasteiger partial charge in [-0.25, -0.2) is 10.4 Å². The van der Waals surface area contributed by atoms with Crippen LogP contribution in [-0.4, -0.2) is 78.4 Å². The van der Waals surface area contributed by atoms with Gasteiger partial charge < -0.3 is 9.80 Å². The van der Waals surface area contributed by atoms with E-state index >= 15 is 0 Å². The summed E-state index contributed by atoms with van der Waals surface area (Å²) in [6.07, 6.45) is 0. The molecule has 5 rings (SSSR count). The quantitative estimate of drug-likeness (QED) is 0.720. The maximum absolute atomic E-state index is 13.8. The van der Waals surface area contributed by atoms with Gasteiger partial charge in [-0.3, -0.25) is 14.5 Å². The Morgan fingerprint density at radius 3 is 2.43 bits per heavy atom. The molecule has 0 aromatic heterocycles. The Bertz CT molecular complexity index is 1070. The SMILES string of the molecule is CCN1CC(C(=O)N2CCN(Cc3cc(C)ccc3C)CC2)C2NN(c3ccccc3)C(=O)C2C1. The number of anilines is 1. The summed E-state index contributed by atoms with van der Waals surface area (Å²) >= 11 is 0. The van der Waals surface area contributed by atoms with Crippen molar-refractivity contribution in [2.75, 3.05) is 50.8 Å². The molecule has 0 saturated carbocycles. The van der Waals surface area contributed by atoms with Crippen LogP contribution < -0.4 is 10.4 Å². The summed E-state index contributed by atoms with van der Waals surface area (Å²) in [5, 5.41) is 1.66. The number of hydrazine groups is 1. The number of amides is 2. The van der Waals surface area contributed by atoms with Gasteiger partial charge in [0.25, 0.3) is 0 Å². The molecule has 2 aromatic rings. The van der Waals surface area contributed by atoms with Crippen LogP contribution >= 0.6 is 0 Å². The average molecular weight is 476 g/mol. The Hall–Kier alpha value is -2.74. The van der Waals surface area contributed by atoms with E-state index in [9.17, 15) is 9.59 Å². The van der Waals surface area contributed by atoms with Crippen molar-refractivity contribution < 1.29 is 9.59 Å². The fraction of sp³-hybridized carbons (Fsp3) is 0.500. The first kappa shape index (κ1) is 24.0. The number of carbonyl (C=O) groups is 2. The van der Waals surface area contributed by atoms with Crippen LogP contribution in [0.4, 0.5) is 5.69 Å². The Morgan fingerprint density at radius 1 is 0.971 bits per heavy atom. The van der Waals surface area contributed by atoms with Gasteiger partial charge in [-0.1, -0.05) is 48.9 Å². The van der Waals surface area contributed by atoms with E-state index in [0.29, 0.717) is 13.1 Å². The number of nitrogens with one attached hydrogen (secondary N) is 1. The number of para-hydroxylation sites is 1. The zero-order chi connectivity index (χ0) is 24.5. The molecule has 2 aromatic carbocycles. The molecule has 3 aliphatic heterocycles. The van der Waals surface area contributed by atoms with E-state index in [1.54, 1.807) is 5.01 Å². The van der Waals surface area contributed by atoms with Crippen molar-refractivity contribution in [2.45, 2.75) is 33.4 Å². The number of likely N-dealkylation sites (tertiary alicyclic amines) is 1. The molecule has 0 bridgehead atoms. The molecule has 7 heteroatoms. The highest BCUT2D eigenvalue weighted by Gasteiger charge is 2.51. The molecular weight excluding hydrogens is 438 g/mol. The summed E-state index contributed by atoms with van der Waals surface area (Å²) in [5.41, 5.74) is 8.24. The minimum absolute atomic E-state index is 0.0653. The van der Waals surface area contributed by atoms with Crippen molar-refractivity contribution in [1.82, 2.24) is 20.1 Å². The molecule has 3 aliphatic rings. The molecular formula is C28H37N5O2. The summed E-state index contributed by atoms with van der Waals surface area (Å²) < 4.78 is 0. The maximum atomic E-state index is 13.8. The molecule has 0 aliphatic carbocycles. The largest absolute Gasteiger partial charge is 0.340 e. The Morgan fingerprint density at radius 2 is 1.71 bits per heavy atom. The standard InChI is InChI=1S/C28H37N5O2/c1-4-30-18-24(26-25(19-30)28(35)33(29-26)23-8-6-5-7-9-23)27(34)32-14-12-31(13-15-32)17-22-16-20(2)10-11-21(22)3/h5-11,16,24-26,29H,4,12-15,17-19H2,1-3H3. The third-order valence-electron chi connectivity index (χ3n) is 7.95. The molecule has 7 nitrogen and oxygen atoms in total. The highest BCUT2D eigenvalue weighted by atomic mass is 16.2. The summed E-state index contributed by atoms with van der Waals surface area (Å²) in [6.45, 7) is 12.8. The molecule has 35 heavy (non-hydrogen) atoms. The summed E-state index contributed by atoms with van der Waals surface area (Å²) in [6, 6.07) is 16.2. The molecule has 3 unspecified atom stereocenters. The van der Waals surface area contributed by atoms with Crippen LogP contribution in [0.5, 0.6) is 0 Å². The van der Waals surface area contributed by atoms with Crippen molar-refractivity contribution in [3.63, 3.8) is 0 Å². The van der Waals surface area contributed by atoms with Crippen LogP contribution in [-0.2, 0) is 16.1 Å². The minimum atomic E-state index is -0.225. The number of fused-ring (bicyclic) bond motifs is 1. The Kier molecular flexibility index (Phi) is 6.91. The number of hydrogen-bond donors (Lipinski definition) is 1. The monoisotopic (exact) mass is 475 g/mol. The predicted octanol–water partition coefficient (Wildman–Crippen LogP) is 2.44. The van der Waals surface area contributed by atoms with Crippen molar-refractivity contribution >= 4 is 17.5 Å². The van der Waals surface area contributed by atoms with Gasteiger partial charge in [-0.15, -0.1) is 0 Å². The van der Waals surface area contributed by atoms with E-state index < -0.39 is 0 Å². The number of rotatable bonds is 5. The van der Waals surface area contributed by atoms with E-state index in [-0.39, 0.29) is 29.7 Å². The van der Waals surface area contributed by atoms with E-state index in [1.165, 1.54) is 16.7 Å². The fourth-order valence-corrected chi connectivity index (χ4v) is 5.77. The lowest BCUT2D eigenvalue weighted by atomic mass is 9.83. The third-order valence-corrected chi connectivity index (χ3v) is 7.95. The molecule has 186 valence electrons. The van der Waals surface area contributed by atoms with Gasteiger partial charge in [0.2, 0.25) is 11.8 Å². The zero-order valence-corrected chi connectivity index (χ0v) is 21.1. The number of carbonyl (C=O) groups excluding carboxylic acids is 2. The third kappa shape index (κ3) is 4.85. The number of nitrogens with zero attached hydrogens (tertiary/aromatic N) is 4. The van der Waals surface area contributed by atoms with Gasteiger partial charge in [0.1, 0.15) is 0 Å². The molecule has 0 radical (unpaired) electrons. The summed E-state index contributed by atoms with van der Waals surface area (Å²) in [5.74, 6) is -0.185. The fourth-order valence-electron chi connectivity index (χ4n) is 5.77. The van der Waals surface area contributed by atoms with Crippen LogP contribution in [0.2, 0.25) is 0 Å². The van der Waals surface area contributed by atoms with Gasteiger partial charge in [-0.2, -0.15) is 0 Å². The van der Waals surface area contributed by atoms with E-state index in [1.807, 2.05) is 35.2 Å². The predicted molar refractivity (Wildman–Crippen MR) is 138 cm³/mol. The number of aryl methyl sites for hydroxylation is 2. The maximum Gasteiger partial charge on any atom is 0.247 e. The van der Waals surface area contributed by atoms with E-state index in [0.717, 1.165) is 45.0 Å². The van der Waals surface area contributed by atoms with Crippen LogP contribution in [0.1, 0.15) is 23.6 Å². The van der Waals surface area contributed by atoms with Gasteiger partial charge in [-0.05, 0) is 43.7 Å². The van der Waals surface area contributed by atoms with Crippen molar-refractivity contribution in [3.05, 3.63) is 65.2 Å². The van der Waals surface area contributed by atoms with Crippen LogP contribution in [0.3, 0.4) is 0 Å². The molecule has 3 fully saturated rings. The molecule has 3 heterocycles. The second kappa shape index (κ2) is 10.1. The summed E-state index contributed by atoms with van der Waals surface area (Å²) in [7, 11) is 0. The van der Waals surface area contributed by atoms with Crippen LogP contribution in [0.25, 0.3) is 0 Å². The zero-order valence-electron chi connectivity index (χ0n) is 21.1. The lowest BCUT2D eigenvalue weighted by Crippen LogP contribution is -2.59. The molecule has 2 amide bonds. The van der Waals surface area contributed by atoms with Crippen molar-refractivity contribution in [2.24, 2.45) is 11.8 Å². The molecule has 3 atom stereocenters. The first-order chi connectivity index (χ1) is 16.9. The highest BCUT2D eigenvalue weighted by Crippen LogP contribution is 2.32. The topological polar surface area (TPSA) is 59.1 Å². The Balaban J connectivity index is 1.26.